The van der Waals surface area contributed by atoms with Gasteiger partial charge in [-0.3, -0.25) is 15.4 Å². The summed E-state index contributed by atoms with van der Waals surface area (Å²) >= 11 is 0. The quantitative estimate of drug-likeness (QED) is 0.640. The van der Waals surface area contributed by atoms with Gasteiger partial charge in [0.25, 0.3) is 5.69 Å². The van der Waals surface area contributed by atoms with Gasteiger partial charge in [0.15, 0.2) is 0 Å². The molecule has 0 saturated heterocycles. The molecule has 0 radical (unpaired) electrons. The summed E-state index contributed by atoms with van der Waals surface area (Å²) in [6, 6.07) is 4.93. The predicted octanol–water partition coefficient (Wildman–Crippen LogP) is 2.09. The first kappa shape index (κ1) is 15.9. The highest BCUT2D eigenvalue weighted by Crippen LogP contribution is 2.30. The highest BCUT2D eigenvalue weighted by Gasteiger charge is 2.57. The number of hydrogen-bond acceptors (Lipinski definition) is 4. The molecule has 0 aliphatic carbocycles. The summed E-state index contributed by atoms with van der Waals surface area (Å²) in [5, 5.41) is 21.1. The zero-order valence-electron chi connectivity index (χ0n) is 10.3. The SMILES string of the molecule is CC(NCc1cccc([N+](=O)[O-])c1)(C(=O)O)C(F)(F)F. The molecule has 0 bridgehead atoms. The molecule has 2 N–H and O–H groups in total. The minimum atomic E-state index is -5.00. The fourth-order valence-corrected chi connectivity index (χ4v) is 1.36. The monoisotopic (exact) mass is 292 g/mol. The molecular weight excluding hydrogens is 281 g/mol. The molecule has 6 nitrogen and oxygen atoms in total. The molecule has 0 heterocycles. The third-order valence-electron chi connectivity index (χ3n) is 2.76. The van der Waals surface area contributed by atoms with Crippen molar-refractivity contribution in [1.29, 1.82) is 0 Å². The Morgan fingerprint density at radius 3 is 2.50 bits per heavy atom. The van der Waals surface area contributed by atoms with Crippen molar-refractivity contribution < 1.29 is 28.0 Å². The molecule has 1 unspecified atom stereocenters. The maximum atomic E-state index is 12.7. The highest BCUT2D eigenvalue weighted by atomic mass is 19.4. The van der Waals surface area contributed by atoms with Gasteiger partial charge in [0.2, 0.25) is 5.54 Å². The average molecular weight is 292 g/mol. The van der Waals surface area contributed by atoms with Crippen LogP contribution in [0.15, 0.2) is 24.3 Å². The van der Waals surface area contributed by atoms with E-state index in [1.54, 1.807) is 0 Å². The number of rotatable bonds is 5. The van der Waals surface area contributed by atoms with Crippen LogP contribution in [0.5, 0.6) is 0 Å². The number of nitrogens with one attached hydrogen (secondary N) is 1. The molecule has 0 fully saturated rings. The number of non-ortho nitro benzene ring substituents is 1. The fraction of sp³-hybridized carbons (Fsp3) is 0.364. The lowest BCUT2D eigenvalue weighted by Crippen LogP contribution is -2.59. The topological polar surface area (TPSA) is 92.5 Å². The molecule has 0 spiro atoms. The van der Waals surface area contributed by atoms with Crippen molar-refractivity contribution in [3.05, 3.63) is 39.9 Å². The minimum absolute atomic E-state index is 0.177. The molecule has 110 valence electrons. The molecular formula is C11H11F3N2O4. The van der Waals surface area contributed by atoms with E-state index in [9.17, 15) is 28.1 Å². The van der Waals surface area contributed by atoms with Crippen molar-refractivity contribution in [3.63, 3.8) is 0 Å². The van der Waals surface area contributed by atoms with E-state index in [1.165, 1.54) is 18.2 Å². The number of nitrogens with zero attached hydrogens (tertiary/aromatic N) is 1. The molecule has 20 heavy (non-hydrogen) atoms. The Hall–Kier alpha value is -2.16. The maximum absolute atomic E-state index is 12.7. The van der Waals surface area contributed by atoms with Crippen LogP contribution >= 0.6 is 0 Å². The molecule has 0 aliphatic heterocycles. The van der Waals surface area contributed by atoms with E-state index in [1.807, 2.05) is 5.32 Å². The zero-order valence-corrected chi connectivity index (χ0v) is 10.3. The maximum Gasteiger partial charge on any atom is 0.417 e. The van der Waals surface area contributed by atoms with Crippen LogP contribution in [0.2, 0.25) is 0 Å². The van der Waals surface area contributed by atoms with E-state index in [0.29, 0.717) is 6.92 Å². The Morgan fingerprint density at radius 2 is 2.05 bits per heavy atom. The summed E-state index contributed by atoms with van der Waals surface area (Å²) in [7, 11) is 0. The summed E-state index contributed by atoms with van der Waals surface area (Å²) in [4.78, 5) is 20.6. The molecule has 0 saturated carbocycles. The van der Waals surface area contributed by atoms with Crippen LogP contribution in [-0.2, 0) is 11.3 Å². The van der Waals surface area contributed by atoms with Gasteiger partial charge in [-0.1, -0.05) is 12.1 Å². The number of benzene rings is 1. The Bertz CT molecular complexity index is 533. The molecule has 1 aromatic rings. The number of aliphatic carboxylic acids is 1. The van der Waals surface area contributed by atoms with E-state index in [0.717, 1.165) is 6.07 Å². The van der Waals surface area contributed by atoms with Crippen LogP contribution in [0, 0.1) is 10.1 Å². The second-order valence-corrected chi connectivity index (χ2v) is 4.21. The molecule has 1 rings (SSSR count). The van der Waals surface area contributed by atoms with Gasteiger partial charge in [0.1, 0.15) is 0 Å². The summed E-state index contributed by atoms with van der Waals surface area (Å²) in [5.41, 5.74) is -3.23. The summed E-state index contributed by atoms with van der Waals surface area (Å²) in [6.07, 6.45) is -5.00. The molecule has 1 aromatic carbocycles. The van der Waals surface area contributed by atoms with Crippen LogP contribution < -0.4 is 5.32 Å². The van der Waals surface area contributed by atoms with Gasteiger partial charge in [0, 0.05) is 18.7 Å². The second kappa shape index (κ2) is 5.45. The minimum Gasteiger partial charge on any atom is -0.480 e. The van der Waals surface area contributed by atoms with Gasteiger partial charge >= 0.3 is 12.1 Å². The molecule has 0 amide bonds. The van der Waals surface area contributed by atoms with E-state index in [2.05, 4.69) is 0 Å². The number of nitro groups is 1. The zero-order chi connectivity index (χ0) is 15.6. The van der Waals surface area contributed by atoms with Gasteiger partial charge in [-0.05, 0) is 12.5 Å². The van der Waals surface area contributed by atoms with Gasteiger partial charge in [-0.15, -0.1) is 0 Å². The number of alkyl halides is 3. The lowest BCUT2D eigenvalue weighted by molar-refractivity contribution is -0.384. The van der Waals surface area contributed by atoms with Crippen LogP contribution in [0.3, 0.4) is 0 Å². The van der Waals surface area contributed by atoms with E-state index in [-0.39, 0.29) is 11.3 Å². The van der Waals surface area contributed by atoms with E-state index < -0.39 is 29.2 Å². The summed E-state index contributed by atoms with van der Waals surface area (Å²) in [6.45, 7) is 0.0245. The highest BCUT2D eigenvalue weighted by molar-refractivity contribution is 5.79. The Labute approximate surface area is 111 Å². The average Bonchev–Trinajstić information content (AvgIpc) is 2.34. The molecule has 1 atom stereocenters. The van der Waals surface area contributed by atoms with Crippen molar-refractivity contribution in [2.45, 2.75) is 25.2 Å². The van der Waals surface area contributed by atoms with Crippen LogP contribution in [0.25, 0.3) is 0 Å². The van der Waals surface area contributed by atoms with Gasteiger partial charge in [-0.2, -0.15) is 13.2 Å². The third-order valence-corrected chi connectivity index (χ3v) is 2.76. The Kier molecular flexibility index (Phi) is 4.33. The number of hydrogen-bond donors (Lipinski definition) is 2. The Morgan fingerprint density at radius 1 is 1.45 bits per heavy atom. The third kappa shape index (κ3) is 3.23. The van der Waals surface area contributed by atoms with Gasteiger partial charge in [0.05, 0.1) is 4.92 Å². The van der Waals surface area contributed by atoms with Crippen LogP contribution in [0.1, 0.15) is 12.5 Å². The summed E-state index contributed by atoms with van der Waals surface area (Å²) < 4.78 is 38.1. The lowest BCUT2D eigenvalue weighted by atomic mass is 10.0. The van der Waals surface area contributed by atoms with Crippen molar-refractivity contribution in [1.82, 2.24) is 5.32 Å². The van der Waals surface area contributed by atoms with E-state index in [4.69, 9.17) is 5.11 Å². The first-order valence-corrected chi connectivity index (χ1v) is 5.36. The van der Waals surface area contributed by atoms with Crippen molar-refractivity contribution in [3.8, 4) is 0 Å². The molecule has 9 heteroatoms. The molecule has 0 aromatic heterocycles. The number of carboxylic acids is 1. The number of carbonyl (C=O) groups is 1. The number of halogens is 3. The molecule has 0 aliphatic rings. The number of carboxylic acid groups (broad SMARTS) is 1. The van der Waals surface area contributed by atoms with Crippen molar-refractivity contribution >= 4 is 11.7 Å². The van der Waals surface area contributed by atoms with Gasteiger partial charge < -0.3 is 5.11 Å². The summed E-state index contributed by atoms with van der Waals surface area (Å²) in [5.74, 6) is -2.07. The van der Waals surface area contributed by atoms with Crippen molar-refractivity contribution in [2.75, 3.05) is 0 Å². The Balaban J connectivity index is 2.92. The second-order valence-electron chi connectivity index (χ2n) is 4.21. The fourth-order valence-electron chi connectivity index (χ4n) is 1.36. The first-order chi connectivity index (χ1) is 9.08. The largest absolute Gasteiger partial charge is 0.480 e. The number of nitro benzene ring substituents is 1. The lowest BCUT2D eigenvalue weighted by Gasteiger charge is -2.28. The standard InChI is InChI=1S/C11H11F3N2O4/c1-10(9(17)18,11(12,13)14)15-6-7-3-2-4-8(5-7)16(19)20/h2-5,15H,6H2,1H3,(H,17,18). The predicted molar refractivity (Wildman–Crippen MR) is 62.0 cm³/mol. The first-order valence-electron chi connectivity index (χ1n) is 5.36. The van der Waals surface area contributed by atoms with Crippen LogP contribution in [-0.4, -0.2) is 27.7 Å². The van der Waals surface area contributed by atoms with Gasteiger partial charge in [-0.25, -0.2) is 4.79 Å². The van der Waals surface area contributed by atoms with Crippen LogP contribution in [0.4, 0.5) is 18.9 Å². The van der Waals surface area contributed by atoms with E-state index >= 15 is 0 Å². The van der Waals surface area contributed by atoms with Crippen molar-refractivity contribution in [2.24, 2.45) is 0 Å². The smallest absolute Gasteiger partial charge is 0.417 e. The normalized spacial score (nSPS) is 14.6.